The number of carbonyl (C=O) groups is 1. The van der Waals surface area contributed by atoms with Crippen LogP contribution in [0.2, 0.25) is 0 Å². The van der Waals surface area contributed by atoms with Gasteiger partial charge in [0.15, 0.2) is 0 Å². The summed E-state index contributed by atoms with van der Waals surface area (Å²) in [5.74, 6) is -0.733. The number of alkyl halides is 3. The summed E-state index contributed by atoms with van der Waals surface area (Å²) in [5, 5.41) is 0.866. The number of para-hydroxylation sites is 1. The molecule has 0 amide bonds. The van der Waals surface area contributed by atoms with Crippen LogP contribution in [0.4, 0.5) is 13.2 Å². The van der Waals surface area contributed by atoms with Gasteiger partial charge in [-0.1, -0.05) is 18.2 Å². The molecule has 0 spiro atoms. The van der Waals surface area contributed by atoms with E-state index in [1.54, 1.807) is 19.1 Å². The fraction of sp³-hybridized carbons (Fsp3) is 0.400. The molecule has 1 aliphatic rings. The van der Waals surface area contributed by atoms with Crippen molar-refractivity contribution in [2.24, 2.45) is 0 Å². The second-order valence-corrected chi connectivity index (χ2v) is 5.31. The van der Waals surface area contributed by atoms with Gasteiger partial charge in [-0.15, -0.1) is 0 Å². The molecule has 5 heteroatoms. The molecule has 0 aliphatic carbocycles. The molecule has 1 aromatic heterocycles. The maximum Gasteiger partial charge on any atom is 0.389 e. The molecule has 2 aromatic rings. The molecule has 106 valence electrons. The van der Waals surface area contributed by atoms with Gasteiger partial charge in [0.1, 0.15) is 0 Å². The highest BCUT2D eigenvalue weighted by molar-refractivity contribution is 5.97. The first-order valence-corrected chi connectivity index (χ1v) is 6.58. The van der Waals surface area contributed by atoms with Crippen LogP contribution in [0, 0.1) is 6.92 Å². The number of halogens is 3. The smallest absolute Gasteiger partial charge is 0.284 e. The summed E-state index contributed by atoms with van der Waals surface area (Å²) in [6.07, 6.45) is -4.63. The van der Waals surface area contributed by atoms with Crippen molar-refractivity contribution in [1.29, 1.82) is 0 Å². The highest BCUT2D eigenvalue weighted by Crippen LogP contribution is 2.41. The fourth-order valence-corrected chi connectivity index (χ4v) is 3.20. The number of benzene rings is 1. The Morgan fingerprint density at radius 1 is 1.30 bits per heavy atom. The van der Waals surface area contributed by atoms with Crippen LogP contribution in [0.5, 0.6) is 0 Å². The summed E-state index contributed by atoms with van der Waals surface area (Å²) in [4.78, 5) is 12.1. The first-order chi connectivity index (χ1) is 9.38. The van der Waals surface area contributed by atoms with Crippen LogP contribution in [0.1, 0.15) is 41.2 Å². The predicted molar refractivity (Wildman–Crippen MR) is 69.9 cm³/mol. The van der Waals surface area contributed by atoms with Crippen molar-refractivity contribution in [1.82, 2.24) is 4.57 Å². The predicted octanol–water partition coefficient (Wildman–Crippen LogP) is 4.42. The maximum atomic E-state index is 12.7. The summed E-state index contributed by atoms with van der Waals surface area (Å²) in [5.41, 5.74) is 2.06. The van der Waals surface area contributed by atoms with Gasteiger partial charge in [-0.25, -0.2) is 0 Å². The molecule has 2 nitrogen and oxygen atoms in total. The largest absolute Gasteiger partial charge is 0.389 e. The zero-order valence-electron chi connectivity index (χ0n) is 11.0. The summed E-state index contributed by atoms with van der Waals surface area (Å²) in [6, 6.07) is 7.29. The number of aryl methyl sites for hydroxylation is 1. The average Bonchev–Trinajstić information content (AvgIpc) is 2.67. The lowest BCUT2D eigenvalue weighted by atomic mass is 9.90. The van der Waals surface area contributed by atoms with Gasteiger partial charge in [-0.3, -0.25) is 9.36 Å². The molecule has 0 bridgehead atoms. The fourth-order valence-electron chi connectivity index (χ4n) is 3.20. The van der Waals surface area contributed by atoms with E-state index >= 15 is 0 Å². The molecule has 0 N–H and O–H groups in total. The third-order valence-electron chi connectivity index (χ3n) is 3.99. The van der Waals surface area contributed by atoms with Gasteiger partial charge in [-0.05, 0) is 25.0 Å². The average molecular weight is 281 g/mol. The third kappa shape index (κ3) is 2.01. The van der Waals surface area contributed by atoms with Crippen LogP contribution in [-0.2, 0) is 0 Å². The van der Waals surface area contributed by atoms with Crippen LogP contribution in [0.3, 0.4) is 0 Å². The molecule has 20 heavy (non-hydrogen) atoms. The van der Waals surface area contributed by atoms with E-state index in [9.17, 15) is 18.0 Å². The Kier molecular flexibility index (Phi) is 2.88. The third-order valence-corrected chi connectivity index (χ3v) is 3.99. The molecule has 3 rings (SSSR count). The molecule has 1 atom stereocenters. The van der Waals surface area contributed by atoms with Crippen molar-refractivity contribution in [3.63, 3.8) is 0 Å². The molecule has 1 aromatic carbocycles. The van der Waals surface area contributed by atoms with Gasteiger partial charge in [0.2, 0.25) is 5.91 Å². The van der Waals surface area contributed by atoms with Crippen molar-refractivity contribution in [3.8, 4) is 0 Å². The van der Waals surface area contributed by atoms with Gasteiger partial charge in [0, 0.05) is 23.4 Å². The molecule has 0 saturated heterocycles. The number of hydrogen-bond acceptors (Lipinski definition) is 1. The number of carbonyl (C=O) groups excluding carboxylic acids is 1. The summed E-state index contributed by atoms with van der Waals surface area (Å²) in [7, 11) is 0. The number of rotatable bonds is 1. The van der Waals surface area contributed by atoms with Crippen LogP contribution in [0.15, 0.2) is 24.3 Å². The lowest BCUT2D eigenvalue weighted by molar-refractivity contribution is -0.139. The van der Waals surface area contributed by atoms with Crippen molar-refractivity contribution in [3.05, 3.63) is 35.5 Å². The molecule has 0 radical (unpaired) electrons. The number of nitrogens with zero attached hydrogens (tertiary/aromatic N) is 1. The first kappa shape index (κ1) is 13.2. The molecule has 0 fully saturated rings. The molecule has 0 saturated carbocycles. The molecule has 2 heterocycles. The van der Waals surface area contributed by atoms with Crippen LogP contribution in [0.25, 0.3) is 10.9 Å². The Morgan fingerprint density at radius 2 is 2.00 bits per heavy atom. The maximum absolute atomic E-state index is 12.7. The van der Waals surface area contributed by atoms with Crippen LogP contribution < -0.4 is 0 Å². The zero-order chi connectivity index (χ0) is 14.5. The van der Waals surface area contributed by atoms with Crippen LogP contribution >= 0.6 is 0 Å². The quantitative estimate of drug-likeness (QED) is 0.758. The van der Waals surface area contributed by atoms with Crippen molar-refractivity contribution >= 4 is 16.8 Å². The van der Waals surface area contributed by atoms with Crippen molar-refractivity contribution in [2.75, 3.05) is 0 Å². The van der Waals surface area contributed by atoms with E-state index in [-0.39, 0.29) is 18.7 Å². The SMILES string of the molecule is Cc1c2n(c3ccccc13)C(=O)CCC2CC(F)(F)F. The Balaban J connectivity index is 2.21. The van der Waals surface area contributed by atoms with Gasteiger partial charge in [-0.2, -0.15) is 13.2 Å². The minimum atomic E-state index is -4.21. The number of aromatic nitrogens is 1. The minimum absolute atomic E-state index is 0.109. The van der Waals surface area contributed by atoms with E-state index in [1.165, 1.54) is 4.57 Å². The summed E-state index contributed by atoms with van der Waals surface area (Å²) >= 11 is 0. The van der Waals surface area contributed by atoms with Gasteiger partial charge in [0.05, 0.1) is 11.9 Å². The molecular weight excluding hydrogens is 267 g/mol. The van der Waals surface area contributed by atoms with E-state index in [0.717, 1.165) is 16.5 Å². The van der Waals surface area contributed by atoms with Crippen LogP contribution in [-0.4, -0.2) is 16.7 Å². The standard InChI is InChI=1S/C15H14F3NO/c1-9-11-4-2-3-5-12(11)19-13(20)7-6-10(14(9)19)8-15(16,17)18/h2-5,10H,6-8H2,1H3. The second-order valence-electron chi connectivity index (χ2n) is 5.31. The lowest BCUT2D eigenvalue weighted by Crippen LogP contribution is -2.26. The topological polar surface area (TPSA) is 22.0 Å². The molecule has 1 unspecified atom stereocenters. The van der Waals surface area contributed by atoms with Gasteiger partial charge < -0.3 is 0 Å². The lowest BCUT2D eigenvalue weighted by Gasteiger charge is -2.26. The van der Waals surface area contributed by atoms with Gasteiger partial charge >= 0.3 is 6.18 Å². The van der Waals surface area contributed by atoms with E-state index < -0.39 is 18.5 Å². The summed E-state index contributed by atoms with van der Waals surface area (Å²) < 4.78 is 39.7. The number of fused-ring (bicyclic) bond motifs is 3. The van der Waals surface area contributed by atoms with Gasteiger partial charge in [0.25, 0.3) is 0 Å². The highest BCUT2D eigenvalue weighted by atomic mass is 19.4. The van der Waals surface area contributed by atoms with E-state index in [2.05, 4.69) is 0 Å². The summed E-state index contributed by atoms with van der Waals surface area (Å²) in [6.45, 7) is 1.80. The van der Waals surface area contributed by atoms with Crippen molar-refractivity contribution in [2.45, 2.75) is 38.3 Å². The molecular formula is C15H14F3NO. The van der Waals surface area contributed by atoms with Crippen molar-refractivity contribution < 1.29 is 18.0 Å². The number of hydrogen-bond donors (Lipinski definition) is 0. The Bertz CT molecular complexity index is 684. The normalized spacial score (nSPS) is 19.4. The minimum Gasteiger partial charge on any atom is -0.284 e. The van der Waals surface area contributed by atoms with E-state index in [4.69, 9.17) is 0 Å². The first-order valence-electron chi connectivity index (χ1n) is 6.58. The monoisotopic (exact) mass is 281 g/mol. The van der Waals surface area contributed by atoms with E-state index in [1.807, 2.05) is 12.1 Å². The Labute approximate surface area is 114 Å². The molecule has 1 aliphatic heterocycles. The Morgan fingerprint density at radius 3 is 2.70 bits per heavy atom. The zero-order valence-corrected chi connectivity index (χ0v) is 11.0. The Hall–Kier alpha value is -1.78. The highest BCUT2D eigenvalue weighted by Gasteiger charge is 2.38. The second kappa shape index (κ2) is 4.36. The van der Waals surface area contributed by atoms with E-state index in [0.29, 0.717) is 5.69 Å².